The van der Waals surface area contributed by atoms with Gasteiger partial charge < -0.3 is 23.2 Å². The second kappa shape index (κ2) is 22.8. The van der Waals surface area contributed by atoms with Gasteiger partial charge in [-0.2, -0.15) is 0 Å². The average molecular weight is 1320 g/mol. The van der Waals surface area contributed by atoms with E-state index < -0.39 is 53.8 Å². The highest BCUT2D eigenvalue weighted by Gasteiger charge is 2.47. The minimum absolute atomic E-state index is 0.000873. The molecule has 14 aromatic carbocycles. The van der Waals surface area contributed by atoms with Crippen LogP contribution in [0.2, 0.25) is 0 Å². The molecule has 17 aromatic rings. The van der Waals surface area contributed by atoms with Crippen LogP contribution in [-0.4, -0.2) is 11.3 Å². The van der Waals surface area contributed by atoms with Crippen LogP contribution >= 0.6 is 0 Å². The van der Waals surface area contributed by atoms with Gasteiger partial charge in [-0.1, -0.05) is 268 Å². The van der Waals surface area contributed by atoms with Gasteiger partial charge in [-0.15, -0.1) is 0 Å². The molecule has 0 saturated heterocycles. The van der Waals surface area contributed by atoms with Crippen molar-refractivity contribution in [1.82, 2.24) is 4.57 Å². The van der Waals surface area contributed by atoms with Crippen LogP contribution in [0.5, 0.6) is 0 Å². The second-order valence-electron chi connectivity index (χ2n) is 30.6. The summed E-state index contributed by atoms with van der Waals surface area (Å²) in [6.45, 7) is 20.0. The predicted octanol–water partition coefficient (Wildman–Crippen LogP) is 24.9. The number of fused-ring (bicyclic) bond motifs is 13. The van der Waals surface area contributed by atoms with Gasteiger partial charge in [-0.3, -0.25) is 0 Å². The third-order valence-electron chi connectivity index (χ3n) is 21.3. The number of hydrogen-bond donors (Lipinski definition) is 0. The Labute approximate surface area is 607 Å². The molecule has 0 amide bonds. The molecule has 2 aliphatic heterocycles. The Hall–Kier alpha value is -11.9. The Morgan fingerprint density at radius 1 is 0.314 bits per heavy atom. The molecule has 0 aliphatic carbocycles. The molecule has 19 rings (SSSR count). The first-order valence-electron chi connectivity index (χ1n) is 39.3. The maximum absolute atomic E-state index is 9.91. The number of furan rings is 2. The summed E-state index contributed by atoms with van der Waals surface area (Å²) >= 11 is 0. The van der Waals surface area contributed by atoms with Crippen LogP contribution in [0.15, 0.2) is 306 Å². The number of benzene rings is 14. The monoisotopic (exact) mass is 1320 g/mol. The first kappa shape index (κ1) is 53.1. The number of para-hydroxylation sites is 4. The first-order valence-corrected chi connectivity index (χ1v) is 35.3. The number of aromatic nitrogens is 1. The van der Waals surface area contributed by atoms with E-state index in [0.717, 1.165) is 167 Å². The largest absolute Gasteiger partial charge is 0.456 e. The third kappa shape index (κ3) is 9.59. The lowest BCUT2D eigenvalue weighted by atomic mass is 9.33. The van der Waals surface area contributed by atoms with Crippen molar-refractivity contribution in [3.05, 3.63) is 314 Å². The summed E-state index contributed by atoms with van der Waals surface area (Å²) in [5.41, 5.74) is 23.9. The minimum atomic E-state index is -0.533. The van der Waals surface area contributed by atoms with Crippen molar-refractivity contribution in [2.45, 2.75) is 78.6 Å². The summed E-state index contributed by atoms with van der Waals surface area (Å²) in [6.07, 6.45) is 0. The molecule has 0 unspecified atom stereocenters. The molecular weight excluding hydrogens is 1240 g/mol. The van der Waals surface area contributed by atoms with Gasteiger partial charge in [-0.05, 0) is 174 Å². The zero-order chi connectivity index (χ0) is 76.0. The Morgan fingerprint density at radius 3 is 1.25 bits per heavy atom. The van der Waals surface area contributed by atoms with E-state index in [1.165, 1.54) is 0 Å². The fourth-order valence-electron chi connectivity index (χ4n) is 16.2. The molecule has 0 radical (unpaired) electrons. The molecule has 6 heteroatoms. The molecule has 0 saturated carbocycles. The van der Waals surface area contributed by atoms with E-state index in [0.29, 0.717) is 5.69 Å². The molecule has 5 heterocycles. The maximum atomic E-state index is 9.91. The molecule has 3 aromatic heterocycles. The van der Waals surface area contributed by atoms with Crippen LogP contribution in [0.1, 0.15) is 90.0 Å². The smallest absolute Gasteiger partial charge is 0.252 e. The third-order valence-corrected chi connectivity index (χ3v) is 21.3. The maximum Gasteiger partial charge on any atom is 0.252 e. The second-order valence-corrected chi connectivity index (χ2v) is 30.6. The number of hydrogen-bond acceptors (Lipinski definition) is 4. The molecule has 2 aliphatic rings. The lowest BCUT2D eigenvalue weighted by Gasteiger charge is -2.47. The molecule has 0 N–H and O–H groups in total. The summed E-state index contributed by atoms with van der Waals surface area (Å²) in [4.78, 5) is 5.05. The summed E-state index contributed by atoms with van der Waals surface area (Å²) in [5.74, 6) is 0. The molecule has 0 fully saturated rings. The van der Waals surface area contributed by atoms with Crippen LogP contribution in [0.4, 0.5) is 34.1 Å². The van der Waals surface area contributed by atoms with E-state index in [1.54, 1.807) is 4.57 Å². The van der Waals surface area contributed by atoms with Crippen molar-refractivity contribution < 1.29 is 19.8 Å². The lowest BCUT2D eigenvalue weighted by Crippen LogP contribution is -2.61. The summed E-state index contributed by atoms with van der Waals surface area (Å²) in [6, 6.07) is 85.5. The van der Waals surface area contributed by atoms with E-state index in [-0.39, 0.29) is 39.3 Å². The topological polar surface area (TPSA) is 37.7 Å². The molecule has 0 spiro atoms. The number of nitrogens with zero attached hydrogens (tertiary/aromatic N) is 3. The van der Waals surface area contributed by atoms with Crippen molar-refractivity contribution in [1.29, 1.82) is 0 Å². The van der Waals surface area contributed by atoms with Gasteiger partial charge in [0.15, 0.2) is 0 Å². The molecule has 0 atom stereocenters. The van der Waals surface area contributed by atoms with Crippen LogP contribution in [0.25, 0.3) is 127 Å². The molecule has 5 nitrogen and oxygen atoms in total. The zero-order valence-electron chi connectivity index (χ0n) is 66.4. The Balaban J connectivity index is 1.04. The van der Waals surface area contributed by atoms with E-state index in [2.05, 4.69) is 291 Å². The van der Waals surface area contributed by atoms with Crippen molar-refractivity contribution in [2.75, 3.05) is 9.80 Å². The first-order chi connectivity index (χ1) is 52.8. The van der Waals surface area contributed by atoms with Crippen LogP contribution in [-0.2, 0) is 16.2 Å². The summed E-state index contributed by atoms with van der Waals surface area (Å²) in [7, 11) is 0. The quantitative estimate of drug-likeness (QED) is 0.142. The zero-order valence-corrected chi connectivity index (χ0v) is 58.4. The highest BCUT2D eigenvalue weighted by Crippen LogP contribution is 2.57. The van der Waals surface area contributed by atoms with Crippen LogP contribution in [0.3, 0.4) is 0 Å². The Kier molecular flexibility index (Phi) is 11.9. The van der Waals surface area contributed by atoms with E-state index in [4.69, 9.17) is 11.6 Å². The fourth-order valence-corrected chi connectivity index (χ4v) is 16.2. The van der Waals surface area contributed by atoms with Crippen LogP contribution < -0.4 is 26.2 Å². The number of anilines is 6. The standard InChI is InChI=1S/C96H76BN3O2/c1-94(2,3)63-52-73(60-31-15-11-16-32-60)92(75(54-63)69-39-27-45-87-89(69)71-37-21-25-43-85(71)101-87)99-81-50-47-62(59-29-13-10-14-30-59)51-78(81)97-77-49-48-66(98-79-41-23-19-35-67(79)68-36-20-24-42-80(68)98)58-82(77)100(84-57-65(96(7,8)9)56-83(99)91(84)97)93-74(61-33-17-12-18-34-61)53-64(95(4,5)6)55-76(93)70-40-28-46-88-90(70)72-38-22-26-44-86(72)102-88/h10-58H,1-9H3/i19D,20D,23D,24D,35D,36D,41D,42D. The van der Waals surface area contributed by atoms with Gasteiger partial charge in [-0.25, -0.2) is 0 Å². The normalized spacial score (nSPS) is 14.2. The molecular formula is C96H76BN3O2. The van der Waals surface area contributed by atoms with E-state index >= 15 is 0 Å². The molecule has 0 bridgehead atoms. The molecule has 490 valence electrons. The number of rotatable bonds is 8. The van der Waals surface area contributed by atoms with Gasteiger partial charge >= 0.3 is 0 Å². The van der Waals surface area contributed by atoms with Crippen LogP contribution in [0, 0.1) is 0 Å². The predicted molar refractivity (Wildman–Crippen MR) is 433 cm³/mol. The highest BCUT2D eigenvalue weighted by atomic mass is 16.3. The van der Waals surface area contributed by atoms with E-state index in [9.17, 15) is 8.22 Å². The van der Waals surface area contributed by atoms with Crippen molar-refractivity contribution in [3.63, 3.8) is 0 Å². The Morgan fingerprint density at radius 2 is 0.745 bits per heavy atom. The van der Waals surface area contributed by atoms with Gasteiger partial charge in [0.1, 0.15) is 22.3 Å². The van der Waals surface area contributed by atoms with Gasteiger partial charge in [0.25, 0.3) is 6.71 Å². The van der Waals surface area contributed by atoms with Gasteiger partial charge in [0.05, 0.1) is 33.4 Å². The van der Waals surface area contributed by atoms with Crippen molar-refractivity contribution in [3.8, 4) is 61.3 Å². The van der Waals surface area contributed by atoms with Crippen molar-refractivity contribution in [2.24, 2.45) is 0 Å². The SMILES string of the molecule is [2H]c1c([2H])c([2H])c2c(c1[2H])c1c([2H])c([2H])c([2H])c([2H])c1n2-c1ccc2c(c1)N(c1c(-c3ccccc3)cc(C(C)(C)C)cc1-c1cccc3oc4ccccc4c13)c1cc(C(C)(C)C)cc3c1B2c1cc(-c2ccccc2)ccc1N3c1c(-c2ccccc2)cc(C(C)(C)C)cc1-c1cccc2oc3ccccc3c12. The van der Waals surface area contributed by atoms with Gasteiger partial charge in [0, 0.05) is 83.0 Å². The minimum Gasteiger partial charge on any atom is -0.456 e. The van der Waals surface area contributed by atoms with Crippen molar-refractivity contribution >= 4 is 123 Å². The van der Waals surface area contributed by atoms with E-state index in [1.807, 2.05) is 30.3 Å². The average Bonchev–Trinajstić information content (AvgIpc) is 0.771. The molecule has 102 heavy (non-hydrogen) atoms. The highest BCUT2D eigenvalue weighted by molar-refractivity contribution is 7.00. The summed E-state index contributed by atoms with van der Waals surface area (Å²) < 4.78 is 91.4. The Bertz CT molecular complexity index is 6700. The van der Waals surface area contributed by atoms with Gasteiger partial charge in [0.2, 0.25) is 0 Å². The fraction of sp³-hybridized carbons (Fsp3) is 0.125. The lowest BCUT2D eigenvalue weighted by molar-refractivity contribution is 0.590. The summed E-state index contributed by atoms with van der Waals surface area (Å²) in [5, 5.41) is 3.94.